The number of amides is 5. The molecule has 2 saturated heterocycles. The molecule has 1 saturated carbocycles. The second kappa shape index (κ2) is 28.1. The lowest BCUT2D eigenvalue weighted by Crippen LogP contribution is -2.52. The molecule has 3 aliphatic rings. The molecule has 1 aliphatic carbocycles. The van der Waals surface area contributed by atoms with E-state index in [-0.39, 0.29) is 72.8 Å². The lowest BCUT2D eigenvalue weighted by atomic mass is 9.83. The van der Waals surface area contributed by atoms with Gasteiger partial charge in [0.25, 0.3) is 17.4 Å². The van der Waals surface area contributed by atoms with Crippen molar-refractivity contribution >= 4 is 40.3 Å². The molecule has 4 aromatic carbocycles. The fraction of sp³-hybridized carbons (Fsp3) is 0.492. The van der Waals surface area contributed by atoms with E-state index < -0.39 is 17.8 Å². The highest BCUT2D eigenvalue weighted by atomic mass is 19.1. The van der Waals surface area contributed by atoms with Crippen LogP contribution in [0.15, 0.2) is 89.7 Å². The first-order valence-electron chi connectivity index (χ1n) is 28.2. The molecule has 17 nitrogen and oxygen atoms in total. The molecule has 1 unspecified atom stereocenters. The molecule has 3 fully saturated rings. The zero-order valence-corrected chi connectivity index (χ0v) is 46.4. The minimum atomic E-state index is -0.651. The number of rotatable bonds is 23. The molecular formula is C61H78FN9O8. The van der Waals surface area contributed by atoms with Crippen molar-refractivity contribution in [1.82, 2.24) is 45.3 Å². The number of likely N-dealkylation sites (N-methyl/N-ethyl adjacent to an activating group) is 2. The van der Waals surface area contributed by atoms with Gasteiger partial charge in [-0.2, -0.15) is 5.10 Å². The fourth-order valence-electron chi connectivity index (χ4n) is 11.3. The highest BCUT2D eigenvalue weighted by Gasteiger charge is 2.33. The minimum absolute atomic E-state index is 0.0378. The van der Waals surface area contributed by atoms with E-state index >= 15 is 4.39 Å². The third-order valence-electron chi connectivity index (χ3n) is 15.8. The van der Waals surface area contributed by atoms with Crippen molar-refractivity contribution in [3.05, 3.63) is 135 Å². The first kappa shape index (κ1) is 58.0. The molecule has 3 heterocycles. The number of methoxy groups -OCH3 is 1. The maximum Gasteiger partial charge on any atom is 0.272 e. The number of H-pyrrole nitrogens is 1. The predicted molar refractivity (Wildman–Crippen MR) is 302 cm³/mol. The number of nitrogens with one attached hydrogen (secondary N) is 3. The lowest BCUT2D eigenvalue weighted by molar-refractivity contribution is -0.134. The first-order chi connectivity index (χ1) is 38.3. The molecular weight excluding hydrogens is 1010 g/mol. The number of unbranched alkanes of at least 4 members (excludes halogenated alkanes) is 2. The maximum atomic E-state index is 15.1. The van der Waals surface area contributed by atoms with Gasteiger partial charge in [0.15, 0.2) is 0 Å². The van der Waals surface area contributed by atoms with Crippen LogP contribution in [0, 0.1) is 11.7 Å². The summed E-state index contributed by atoms with van der Waals surface area (Å²) in [5.74, 6) is 0.0981. The second-order valence-corrected chi connectivity index (χ2v) is 21.5. The lowest BCUT2D eigenvalue weighted by Gasteiger charge is -2.35. The number of carbonyl (C=O) groups excluding carboxylic acids is 5. The predicted octanol–water partition coefficient (Wildman–Crippen LogP) is 6.78. The zero-order valence-electron chi connectivity index (χ0n) is 46.4. The highest BCUT2D eigenvalue weighted by molar-refractivity contribution is 5.98. The summed E-state index contributed by atoms with van der Waals surface area (Å²) in [6.07, 6.45) is 9.36. The van der Waals surface area contributed by atoms with Crippen LogP contribution in [0.25, 0.3) is 10.8 Å². The molecule has 79 heavy (non-hydrogen) atoms. The quantitative estimate of drug-likeness (QED) is 0.0585. The molecule has 8 rings (SSSR count). The van der Waals surface area contributed by atoms with Gasteiger partial charge in [0, 0.05) is 87.3 Å². The van der Waals surface area contributed by atoms with Gasteiger partial charge in [-0.3, -0.25) is 38.6 Å². The average Bonchev–Trinajstić information content (AvgIpc) is 3.47. The Bertz CT molecular complexity index is 2970. The third-order valence-corrected chi connectivity index (χ3v) is 15.8. The Hall–Kier alpha value is -7.18. The number of nitrogens with zero attached hydrogens (tertiary/aromatic N) is 6. The van der Waals surface area contributed by atoms with Gasteiger partial charge in [0.05, 0.1) is 43.4 Å². The van der Waals surface area contributed by atoms with Crippen molar-refractivity contribution in [2.45, 2.75) is 96.1 Å². The van der Waals surface area contributed by atoms with Crippen molar-refractivity contribution in [2.75, 3.05) is 93.3 Å². The Morgan fingerprint density at radius 1 is 0.785 bits per heavy atom. The number of likely N-dealkylation sites (tertiary alicyclic amines) is 1. The molecule has 0 bridgehead atoms. The van der Waals surface area contributed by atoms with Crippen LogP contribution < -0.4 is 25.7 Å². The molecule has 1 aromatic heterocycles. The Morgan fingerprint density at radius 2 is 1.53 bits per heavy atom. The van der Waals surface area contributed by atoms with Crippen molar-refractivity contribution in [3.8, 4) is 11.5 Å². The van der Waals surface area contributed by atoms with E-state index in [9.17, 15) is 28.8 Å². The van der Waals surface area contributed by atoms with Crippen molar-refractivity contribution in [1.29, 1.82) is 0 Å². The topological polar surface area (TPSA) is 190 Å². The van der Waals surface area contributed by atoms with Gasteiger partial charge in [-0.1, -0.05) is 68.1 Å². The molecule has 2 atom stereocenters. The summed E-state index contributed by atoms with van der Waals surface area (Å²) in [7, 11) is 5.47. The molecule has 3 N–H and O–H groups in total. The Kier molecular flexibility index (Phi) is 20.6. The van der Waals surface area contributed by atoms with Crippen LogP contribution >= 0.6 is 0 Å². The fourth-order valence-corrected chi connectivity index (χ4v) is 11.3. The number of fused-ring (bicyclic) bond motifs is 1. The number of ether oxygens (including phenoxy) is 2. The van der Waals surface area contributed by atoms with Crippen LogP contribution in [-0.4, -0.2) is 164 Å². The van der Waals surface area contributed by atoms with E-state index in [0.717, 1.165) is 86.8 Å². The minimum Gasteiger partial charge on any atom is -0.497 e. The number of piperazine rings is 1. The molecule has 2 aliphatic heterocycles. The standard InChI is InChI=1S/C61H78FN9O8/c1-5-79-54-37-48(78-4)25-24-47(54)38-68(3)41-56(73)71-29-15-20-46(39-71)44-18-14-19-45(36-44)58(74)64-57(43-16-8-6-9-17-43)60(76)63-27-12-7-13-28-67(2)40-55(72)69-30-32-70(33-31-69)61(77)51-34-42(23-26-52(51)62)35-53-49-21-10-11-22-50(49)59(75)66-65-53/h10-11,14,18-19,21-26,34,36-37,43,46,57H,5-9,12-13,15-17,20,27-33,35,38-41H2,1-4H3,(H,63,76)(H,64,74)(H,66,75)/t46?,57-/m1/s1. The number of hydrogen-bond acceptors (Lipinski definition) is 11. The summed E-state index contributed by atoms with van der Waals surface area (Å²) in [6, 6.07) is 24.3. The van der Waals surface area contributed by atoms with Crippen LogP contribution in [0.4, 0.5) is 4.39 Å². The number of piperidine rings is 1. The molecule has 422 valence electrons. The van der Waals surface area contributed by atoms with E-state index in [0.29, 0.717) is 86.4 Å². The van der Waals surface area contributed by atoms with Gasteiger partial charge in [-0.25, -0.2) is 9.49 Å². The van der Waals surface area contributed by atoms with Crippen LogP contribution in [0.2, 0.25) is 0 Å². The normalized spacial score (nSPS) is 16.5. The third kappa shape index (κ3) is 15.6. The second-order valence-electron chi connectivity index (χ2n) is 21.5. The van der Waals surface area contributed by atoms with E-state index in [2.05, 4.69) is 20.8 Å². The maximum absolute atomic E-state index is 15.1. The van der Waals surface area contributed by atoms with Crippen LogP contribution in [0.3, 0.4) is 0 Å². The van der Waals surface area contributed by atoms with Crippen LogP contribution in [0.1, 0.15) is 120 Å². The summed E-state index contributed by atoms with van der Waals surface area (Å²) in [4.78, 5) is 90.0. The van der Waals surface area contributed by atoms with Gasteiger partial charge in [-0.15, -0.1) is 0 Å². The van der Waals surface area contributed by atoms with Crippen molar-refractivity contribution < 1.29 is 37.8 Å². The smallest absolute Gasteiger partial charge is 0.272 e. The monoisotopic (exact) mass is 1080 g/mol. The summed E-state index contributed by atoms with van der Waals surface area (Å²) in [6.45, 7) is 7.14. The van der Waals surface area contributed by atoms with Crippen molar-refractivity contribution in [2.24, 2.45) is 5.92 Å². The summed E-state index contributed by atoms with van der Waals surface area (Å²) >= 11 is 0. The highest BCUT2D eigenvalue weighted by Crippen LogP contribution is 2.31. The molecule has 0 spiro atoms. The SMILES string of the molecule is CCOc1cc(OC)ccc1CN(C)CC(=O)N1CCCC(c2cccc(C(=O)N[C@@H](C(=O)NCCCCCN(C)CC(=O)N3CCN(C(=O)c4cc(Cc5n[nH]c(=O)c6ccccc56)ccc4F)CC3)C3CCCCC3)c2)C1. The number of benzene rings is 4. The summed E-state index contributed by atoms with van der Waals surface area (Å²) < 4.78 is 26.3. The first-order valence-corrected chi connectivity index (χ1v) is 28.2. The molecule has 18 heteroatoms. The Morgan fingerprint density at radius 3 is 2.30 bits per heavy atom. The Labute approximate surface area is 463 Å². The molecule has 0 radical (unpaired) electrons. The van der Waals surface area contributed by atoms with Crippen molar-refractivity contribution in [3.63, 3.8) is 0 Å². The van der Waals surface area contributed by atoms with E-state index in [1.54, 1.807) is 47.2 Å². The van der Waals surface area contributed by atoms with Crippen LogP contribution in [-0.2, 0) is 27.3 Å². The summed E-state index contributed by atoms with van der Waals surface area (Å²) in [5.41, 5.74) is 3.44. The van der Waals surface area contributed by atoms with Gasteiger partial charge >= 0.3 is 0 Å². The van der Waals surface area contributed by atoms with Crippen LogP contribution in [0.5, 0.6) is 11.5 Å². The van der Waals surface area contributed by atoms with Gasteiger partial charge in [0.2, 0.25) is 17.7 Å². The van der Waals surface area contributed by atoms with E-state index in [1.807, 2.05) is 84.2 Å². The zero-order chi connectivity index (χ0) is 55.8. The number of carbonyl (C=O) groups is 5. The van der Waals surface area contributed by atoms with E-state index in [4.69, 9.17) is 9.47 Å². The molecule has 5 aromatic rings. The van der Waals surface area contributed by atoms with Gasteiger partial charge < -0.3 is 34.8 Å². The van der Waals surface area contributed by atoms with Gasteiger partial charge in [-0.05, 0) is 120 Å². The average molecular weight is 1080 g/mol. The number of halogens is 1. The van der Waals surface area contributed by atoms with E-state index in [1.165, 1.54) is 6.07 Å². The summed E-state index contributed by atoms with van der Waals surface area (Å²) in [5, 5.41) is 14.2. The number of aromatic nitrogens is 2. The Balaban J connectivity index is 0.749. The number of aromatic amines is 1. The molecule has 5 amide bonds. The number of hydrogen-bond donors (Lipinski definition) is 3. The van der Waals surface area contributed by atoms with Gasteiger partial charge in [0.1, 0.15) is 23.4 Å². The largest absolute Gasteiger partial charge is 0.497 e.